The smallest absolute Gasteiger partial charge is 0.407 e. The van der Waals surface area contributed by atoms with Crippen LogP contribution in [0.15, 0.2) is 53.4 Å². The van der Waals surface area contributed by atoms with Gasteiger partial charge in [0.25, 0.3) is 10.0 Å². The average Bonchev–Trinajstić information content (AvgIpc) is 2.83. The van der Waals surface area contributed by atoms with Crippen LogP contribution in [-0.4, -0.2) is 62.5 Å². The first-order valence-corrected chi connectivity index (χ1v) is 13.3. The number of likely N-dealkylation sites (N-methyl/N-ethyl adjacent to an activating group) is 1. The summed E-state index contributed by atoms with van der Waals surface area (Å²) in [6, 6.07) is 11.7. The largest absolute Gasteiger partial charge is 0.465 e. The number of rotatable bonds is 9. The van der Waals surface area contributed by atoms with Crippen molar-refractivity contribution in [2.45, 2.75) is 43.0 Å². The molecule has 3 rings (SSSR count). The predicted octanol–water partition coefficient (Wildman–Crippen LogP) is 3.53. The fourth-order valence-electron chi connectivity index (χ4n) is 3.94. The molecule has 2 aromatic rings. The number of carbonyl (C=O) groups is 3. The molecular weight excluding hydrogens is 508 g/mol. The maximum absolute atomic E-state index is 13.7. The number of nitrogens with zero attached hydrogens (tertiary/aromatic N) is 2. The molecule has 10 nitrogen and oxygen atoms in total. The number of benzene rings is 2. The molecule has 2 aromatic carbocycles. The van der Waals surface area contributed by atoms with Gasteiger partial charge >= 0.3 is 6.09 Å². The first-order valence-electron chi connectivity index (χ1n) is 11.5. The summed E-state index contributed by atoms with van der Waals surface area (Å²) >= 11 is 6.11. The Balaban J connectivity index is 1.85. The zero-order chi connectivity index (χ0) is 26.3. The number of nitrogens with one attached hydrogen (secondary N) is 2. The zero-order valence-electron chi connectivity index (χ0n) is 19.8. The minimum atomic E-state index is -4.24. The van der Waals surface area contributed by atoms with E-state index in [0.717, 1.165) is 41.3 Å². The highest BCUT2D eigenvalue weighted by atomic mass is 35.5. The lowest BCUT2D eigenvalue weighted by Gasteiger charge is -2.27. The van der Waals surface area contributed by atoms with Crippen molar-refractivity contribution in [2.24, 2.45) is 0 Å². The van der Waals surface area contributed by atoms with Crippen LogP contribution in [0, 0.1) is 0 Å². The first-order chi connectivity index (χ1) is 17.1. The Morgan fingerprint density at radius 3 is 2.36 bits per heavy atom. The molecular formula is C24H29ClN4O6S. The fraction of sp³-hybridized carbons (Fsp3) is 0.375. The van der Waals surface area contributed by atoms with Crippen molar-refractivity contribution >= 4 is 50.9 Å². The standard InChI is InChI=1S/C24H29ClN4O6S/c1-28(24(32)33)15-22(30)27-19-10-6-12-21(14-19)36(34,35)29(20-11-5-7-17(25)13-20)16-23(31)26-18-8-3-2-4-9-18/h5-7,10-14,18H,2-4,8-9,15-16H2,1H3,(H,26,31)(H,27,30)(H,32,33). The van der Waals surface area contributed by atoms with Crippen molar-refractivity contribution in [3.63, 3.8) is 0 Å². The van der Waals surface area contributed by atoms with Crippen LogP contribution in [0.25, 0.3) is 0 Å². The second-order valence-electron chi connectivity index (χ2n) is 8.61. The molecule has 0 aromatic heterocycles. The fourth-order valence-corrected chi connectivity index (χ4v) is 5.59. The molecule has 194 valence electrons. The van der Waals surface area contributed by atoms with Gasteiger partial charge in [-0.3, -0.25) is 13.9 Å². The molecule has 12 heteroatoms. The van der Waals surface area contributed by atoms with Gasteiger partial charge in [-0.2, -0.15) is 0 Å². The normalized spacial score (nSPS) is 14.1. The second-order valence-corrected chi connectivity index (χ2v) is 10.9. The van der Waals surface area contributed by atoms with Crippen LogP contribution in [0.5, 0.6) is 0 Å². The molecule has 3 N–H and O–H groups in total. The van der Waals surface area contributed by atoms with Crippen molar-refractivity contribution < 1.29 is 27.9 Å². The van der Waals surface area contributed by atoms with Crippen LogP contribution >= 0.6 is 11.6 Å². The van der Waals surface area contributed by atoms with Crippen molar-refractivity contribution in [1.29, 1.82) is 0 Å². The van der Waals surface area contributed by atoms with Crippen LogP contribution in [0.3, 0.4) is 0 Å². The summed E-state index contributed by atoms with van der Waals surface area (Å²) in [5.74, 6) is -1.06. The third-order valence-electron chi connectivity index (χ3n) is 5.77. The van der Waals surface area contributed by atoms with E-state index in [4.69, 9.17) is 16.7 Å². The van der Waals surface area contributed by atoms with Gasteiger partial charge in [-0.25, -0.2) is 13.2 Å². The monoisotopic (exact) mass is 536 g/mol. The molecule has 0 unspecified atom stereocenters. The molecule has 0 aliphatic heterocycles. The third kappa shape index (κ3) is 7.34. The van der Waals surface area contributed by atoms with Gasteiger partial charge in [0, 0.05) is 23.8 Å². The minimum Gasteiger partial charge on any atom is -0.465 e. The second kappa shape index (κ2) is 12.1. The Hall–Kier alpha value is -3.31. The number of amides is 3. The van der Waals surface area contributed by atoms with E-state index in [1.807, 2.05) is 0 Å². The summed E-state index contributed by atoms with van der Waals surface area (Å²) in [6.07, 6.45) is 3.59. The molecule has 0 saturated heterocycles. The lowest BCUT2D eigenvalue weighted by atomic mass is 9.95. The zero-order valence-corrected chi connectivity index (χ0v) is 21.4. The average molecular weight is 537 g/mol. The summed E-state index contributed by atoms with van der Waals surface area (Å²) in [7, 11) is -3.00. The Bertz CT molecular complexity index is 1220. The number of carbonyl (C=O) groups excluding carboxylic acids is 2. The van der Waals surface area contributed by atoms with Gasteiger partial charge < -0.3 is 20.6 Å². The predicted molar refractivity (Wildman–Crippen MR) is 137 cm³/mol. The van der Waals surface area contributed by atoms with Crippen molar-refractivity contribution in [3.05, 3.63) is 53.6 Å². The molecule has 0 atom stereocenters. The van der Waals surface area contributed by atoms with E-state index in [2.05, 4.69) is 10.6 Å². The van der Waals surface area contributed by atoms with Gasteiger partial charge in [-0.15, -0.1) is 0 Å². The number of anilines is 2. The number of hydrogen-bond donors (Lipinski definition) is 3. The van der Waals surface area contributed by atoms with Crippen molar-refractivity contribution in [2.75, 3.05) is 29.8 Å². The van der Waals surface area contributed by atoms with E-state index >= 15 is 0 Å². The van der Waals surface area contributed by atoms with E-state index < -0.39 is 41.0 Å². The quantitative estimate of drug-likeness (QED) is 0.448. The summed E-state index contributed by atoms with van der Waals surface area (Å²) in [4.78, 5) is 36.6. The molecule has 1 aliphatic carbocycles. The van der Waals surface area contributed by atoms with E-state index in [1.165, 1.54) is 37.4 Å². The van der Waals surface area contributed by atoms with Crippen LogP contribution in [-0.2, 0) is 19.6 Å². The highest BCUT2D eigenvalue weighted by Crippen LogP contribution is 2.27. The van der Waals surface area contributed by atoms with E-state index in [1.54, 1.807) is 18.2 Å². The van der Waals surface area contributed by atoms with E-state index in [-0.39, 0.29) is 22.3 Å². The van der Waals surface area contributed by atoms with Gasteiger partial charge in [0.05, 0.1) is 10.6 Å². The Kier molecular flexibility index (Phi) is 9.16. The molecule has 0 radical (unpaired) electrons. The molecule has 0 spiro atoms. The van der Waals surface area contributed by atoms with Gasteiger partial charge in [0.15, 0.2) is 0 Å². The van der Waals surface area contributed by atoms with Crippen LogP contribution < -0.4 is 14.9 Å². The maximum Gasteiger partial charge on any atom is 0.407 e. The summed E-state index contributed by atoms with van der Waals surface area (Å²) < 4.78 is 28.3. The van der Waals surface area contributed by atoms with E-state index in [9.17, 15) is 22.8 Å². The molecule has 36 heavy (non-hydrogen) atoms. The summed E-state index contributed by atoms with van der Waals surface area (Å²) in [6.45, 7) is -0.874. The highest BCUT2D eigenvalue weighted by Gasteiger charge is 2.29. The number of carboxylic acid groups (broad SMARTS) is 1. The lowest BCUT2D eigenvalue weighted by molar-refractivity contribution is -0.120. The number of hydrogen-bond acceptors (Lipinski definition) is 5. The maximum atomic E-state index is 13.7. The third-order valence-corrected chi connectivity index (χ3v) is 7.77. The van der Waals surface area contributed by atoms with Crippen molar-refractivity contribution in [3.8, 4) is 0 Å². The molecule has 0 heterocycles. The number of halogens is 1. The van der Waals surface area contributed by atoms with Gasteiger partial charge in [-0.1, -0.05) is 43.0 Å². The van der Waals surface area contributed by atoms with Crippen LogP contribution in [0.1, 0.15) is 32.1 Å². The number of sulfonamides is 1. The SMILES string of the molecule is CN(CC(=O)Nc1cccc(S(=O)(=O)N(CC(=O)NC2CCCCC2)c2cccc(Cl)c2)c1)C(=O)O. The minimum absolute atomic E-state index is 0.0117. The van der Waals surface area contributed by atoms with Gasteiger partial charge in [-0.05, 0) is 49.2 Å². The highest BCUT2D eigenvalue weighted by molar-refractivity contribution is 7.92. The summed E-state index contributed by atoms with van der Waals surface area (Å²) in [5, 5.41) is 14.7. The first kappa shape index (κ1) is 27.3. The molecule has 3 amide bonds. The van der Waals surface area contributed by atoms with Crippen LogP contribution in [0.4, 0.5) is 16.2 Å². The summed E-state index contributed by atoms with van der Waals surface area (Å²) in [5.41, 5.74) is 0.386. The van der Waals surface area contributed by atoms with E-state index in [0.29, 0.717) is 5.02 Å². The molecule has 0 bridgehead atoms. The van der Waals surface area contributed by atoms with Crippen molar-refractivity contribution in [1.82, 2.24) is 10.2 Å². The Labute approximate surface area is 215 Å². The van der Waals surface area contributed by atoms with Gasteiger partial charge in [0.1, 0.15) is 13.1 Å². The molecule has 1 fully saturated rings. The Morgan fingerprint density at radius 2 is 1.69 bits per heavy atom. The molecule has 1 saturated carbocycles. The Morgan fingerprint density at radius 1 is 1.00 bits per heavy atom. The van der Waals surface area contributed by atoms with Crippen LogP contribution in [0.2, 0.25) is 5.02 Å². The lowest BCUT2D eigenvalue weighted by Crippen LogP contribution is -2.45. The van der Waals surface area contributed by atoms with Gasteiger partial charge in [0.2, 0.25) is 11.8 Å². The topological polar surface area (TPSA) is 136 Å². The molecule has 1 aliphatic rings.